The van der Waals surface area contributed by atoms with Gasteiger partial charge in [0, 0.05) is 17.3 Å². The molecule has 0 aromatic heterocycles. The van der Waals surface area contributed by atoms with Gasteiger partial charge >= 0.3 is 0 Å². The maximum Gasteiger partial charge on any atom is 0.242 e. The minimum atomic E-state index is -0.189. The average Bonchev–Trinajstić information content (AvgIpc) is 3.12. The highest BCUT2D eigenvalue weighted by atomic mass is 35.5. The summed E-state index contributed by atoms with van der Waals surface area (Å²) in [5.41, 5.74) is 1.63. The standard InChI is InChI=1S/C19H20ClNO4/c1-2-9-23-16-6-4-3-5-14(16)12-21(19(22)11-20)15-7-8-17-18(10-15)25-13-24-17/h3-8,10H,2,9,11-13H2,1H3. The largest absolute Gasteiger partial charge is 0.493 e. The van der Waals surface area contributed by atoms with Gasteiger partial charge in [-0.1, -0.05) is 25.1 Å². The predicted octanol–water partition coefficient (Wildman–Crippen LogP) is 3.98. The molecule has 2 aromatic carbocycles. The Morgan fingerprint density at radius 1 is 1.20 bits per heavy atom. The number of rotatable bonds is 7. The van der Waals surface area contributed by atoms with Crippen molar-refractivity contribution < 1.29 is 19.0 Å². The zero-order chi connectivity index (χ0) is 17.6. The van der Waals surface area contributed by atoms with Crippen LogP contribution in [0.4, 0.5) is 5.69 Å². The molecule has 1 amide bonds. The van der Waals surface area contributed by atoms with Crippen molar-refractivity contribution in [1.29, 1.82) is 0 Å². The van der Waals surface area contributed by atoms with Gasteiger partial charge in [-0.25, -0.2) is 0 Å². The fraction of sp³-hybridized carbons (Fsp3) is 0.316. The topological polar surface area (TPSA) is 48.0 Å². The Labute approximate surface area is 152 Å². The molecule has 1 heterocycles. The number of halogens is 1. The maximum absolute atomic E-state index is 12.4. The predicted molar refractivity (Wildman–Crippen MR) is 96.7 cm³/mol. The van der Waals surface area contributed by atoms with E-state index in [1.165, 1.54) is 0 Å². The summed E-state index contributed by atoms with van der Waals surface area (Å²) in [4.78, 5) is 14.1. The molecule has 0 saturated carbocycles. The summed E-state index contributed by atoms with van der Waals surface area (Å²) < 4.78 is 16.5. The molecular formula is C19H20ClNO4. The van der Waals surface area contributed by atoms with Gasteiger partial charge in [0.15, 0.2) is 11.5 Å². The molecule has 6 heteroatoms. The molecular weight excluding hydrogens is 342 g/mol. The van der Waals surface area contributed by atoms with Gasteiger partial charge < -0.3 is 19.1 Å². The molecule has 1 aliphatic rings. The molecule has 2 aromatic rings. The molecule has 0 spiro atoms. The van der Waals surface area contributed by atoms with E-state index in [9.17, 15) is 4.79 Å². The molecule has 5 nitrogen and oxygen atoms in total. The Morgan fingerprint density at radius 3 is 2.80 bits per heavy atom. The molecule has 0 unspecified atom stereocenters. The van der Waals surface area contributed by atoms with E-state index in [-0.39, 0.29) is 18.6 Å². The fourth-order valence-corrected chi connectivity index (χ4v) is 2.75. The number of anilines is 1. The fourth-order valence-electron chi connectivity index (χ4n) is 2.61. The molecule has 0 radical (unpaired) electrons. The molecule has 3 rings (SSSR count). The van der Waals surface area contributed by atoms with Gasteiger partial charge in [0.25, 0.3) is 0 Å². The number of benzene rings is 2. The first kappa shape index (κ1) is 17.4. The molecule has 0 atom stereocenters. The number of carbonyl (C=O) groups is 1. The van der Waals surface area contributed by atoms with Crippen molar-refractivity contribution in [1.82, 2.24) is 0 Å². The summed E-state index contributed by atoms with van der Waals surface area (Å²) >= 11 is 5.83. The number of hydrogen-bond acceptors (Lipinski definition) is 4. The van der Waals surface area contributed by atoms with Crippen LogP contribution in [0.3, 0.4) is 0 Å². The van der Waals surface area contributed by atoms with E-state index in [4.69, 9.17) is 25.8 Å². The molecule has 0 saturated heterocycles. The van der Waals surface area contributed by atoms with E-state index in [0.29, 0.717) is 30.3 Å². The highest BCUT2D eigenvalue weighted by Gasteiger charge is 2.21. The van der Waals surface area contributed by atoms with Crippen molar-refractivity contribution in [3.05, 3.63) is 48.0 Å². The molecule has 1 aliphatic heterocycles. The van der Waals surface area contributed by atoms with E-state index < -0.39 is 0 Å². The highest BCUT2D eigenvalue weighted by molar-refractivity contribution is 6.29. The summed E-state index contributed by atoms with van der Waals surface area (Å²) in [5, 5.41) is 0. The van der Waals surface area contributed by atoms with Crippen LogP contribution in [0.15, 0.2) is 42.5 Å². The van der Waals surface area contributed by atoms with E-state index in [0.717, 1.165) is 17.7 Å². The second kappa shape index (κ2) is 8.12. The van der Waals surface area contributed by atoms with Crippen LogP contribution in [0, 0.1) is 0 Å². The van der Waals surface area contributed by atoms with Gasteiger partial charge in [-0.05, 0) is 24.6 Å². The summed E-state index contributed by atoms with van der Waals surface area (Å²) in [6.45, 7) is 3.24. The van der Waals surface area contributed by atoms with Crippen molar-refractivity contribution in [3.63, 3.8) is 0 Å². The van der Waals surface area contributed by atoms with Crippen molar-refractivity contribution in [2.75, 3.05) is 24.2 Å². The lowest BCUT2D eigenvalue weighted by Gasteiger charge is -2.23. The molecule has 25 heavy (non-hydrogen) atoms. The number of ether oxygens (including phenoxy) is 3. The van der Waals surface area contributed by atoms with Crippen LogP contribution in [0.25, 0.3) is 0 Å². The number of alkyl halides is 1. The van der Waals surface area contributed by atoms with Gasteiger partial charge in [0.2, 0.25) is 12.7 Å². The van der Waals surface area contributed by atoms with Crippen LogP contribution in [0.5, 0.6) is 17.2 Å². The van der Waals surface area contributed by atoms with Crippen molar-refractivity contribution in [2.24, 2.45) is 0 Å². The third kappa shape index (κ3) is 3.99. The first-order valence-electron chi connectivity index (χ1n) is 8.19. The van der Waals surface area contributed by atoms with Crippen LogP contribution < -0.4 is 19.1 Å². The van der Waals surface area contributed by atoms with E-state index in [1.807, 2.05) is 30.3 Å². The third-order valence-corrected chi connectivity index (χ3v) is 4.07. The number of para-hydroxylation sites is 1. The van der Waals surface area contributed by atoms with Crippen molar-refractivity contribution in [2.45, 2.75) is 19.9 Å². The lowest BCUT2D eigenvalue weighted by atomic mass is 10.1. The number of fused-ring (bicyclic) bond motifs is 1. The van der Waals surface area contributed by atoms with Gasteiger partial charge in [-0.2, -0.15) is 0 Å². The lowest BCUT2D eigenvalue weighted by Crippen LogP contribution is -2.31. The number of nitrogens with zero attached hydrogens (tertiary/aromatic N) is 1. The second-order valence-corrected chi connectivity index (χ2v) is 5.87. The van der Waals surface area contributed by atoms with Gasteiger partial charge in [0.05, 0.1) is 13.2 Å². The van der Waals surface area contributed by atoms with Gasteiger partial charge in [0.1, 0.15) is 11.6 Å². The third-order valence-electron chi connectivity index (χ3n) is 3.85. The van der Waals surface area contributed by atoms with E-state index in [2.05, 4.69) is 6.92 Å². The zero-order valence-electron chi connectivity index (χ0n) is 14.0. The van der Waals surface area contributed by atoms with Gasteiger partial charge in [-0.3, -0.25) is 4.79 Å². The summed E-state index contributed by atoms with van der Waals surface area (Å²) in [5.74, 6) is 1.78. The van der Waals surface area contributed by atoms with E-state index in [1.54, 1.807) is 17.0 Å². The summed E-state index contributed by atoms with van der Waals surface area (Å²) in [7, 11) is 0. The Bertz CT molecular complexity index is 750. The first-order valence-corrected chi connectivity index (χ1v) is 8.73. The van der Waals surface area contributed by atoms with Crippen molar-refractivity contribution >= 4 is 23.2 Å². The minimum Gasteiger partial charge on any atom is -0.493 e. The molecule has 0 aliphatic carbocycles. The summed E-state index contributed by atoms with van der Waals surface area (Å²) in [6.07, 6.45) is 0.917. The Hall–Kier alpha value is -2.40. The smallest absolute Gasteiger partial charge is 0.242 e. The first-order chi connectivity index (χ1) is 12.2. The van der Waals surface area contributed by atoms with Crippen molar-refractivity contribution in [3.8, 4) is 17.2 Å². The number of amides is 1. The SMILES string of the molecule is CCCOc1ccccc1CN(C(=O)CCl)c1ccc2c(c1)OCO2. The van der Waals surface area contributed by atoms with Crippen LogP contribution in [0.2, 0.25) is 0 Å². The minimum absolute atomic E-state index is 0.105. The molecule has 0 bridgehead atoms. The normalized spacial score (nSPS) is 12.1. The maximum atomic E-state index is 12.4. The molecule has 0 N–H and O–H groups in total. The van der Waals surface area contributed by atoms with Crippen LogP contribution in [0.1, 0.15) is 18.9 Å². The zero-order valence-corrected chi connectivity index (χ0v) is 14.8. The second-order valence-electron chi connectivity index (χ2n) is 5.61. The van der Waals surface area contributed by atoms with Crippen LogP contribution in [-0.2, 0) is 11.3 Å². The Balaban J connectivity index is 1.89. The average molecular weight is 362 g/mol. The highest BCUT2D eigenvalue weighted by Crippen LogP contribution is 2.36. The van der Waals surface area contributed by atoms with Gasteiger partial charge in [-0.15, -0.1) is 11.6 Å². The molecule has 132 valence electrons. The molecule has 0 fully saturated rings. The van der Waals surface area contributed by atoms with Crippen LogP contribution >= 0.6 is 11.6 Å². The quantitative estimate of drug-likeness (QED) is 0.700. The number of hydrogen-bond donors (Lipinski definition) is 0. The lowest BCUT2D eigenvalue weighted by molar-refractivity contribution is -0.116. The van der Waals surface area contributed by atoms with Crippen LogP contribution in [-0.4, -0.2) is 25.2 Å². The monoisotopic (exact) mass is 361 g/mol. The Morgan fingerprint density at radius 2 is 2.00 bits per heavy atom. The number of carbonyl (C=O) groups excluding carboxylic acids is 1. The summed E-state index contributed by atoms with van der Waals surface area (Å²) in [6, 6.07) is 13.1. The van der Waals surface area contributed by atoms with E-state index >= 15 is 0 Å². The Kier molecular flexibility index (Phi) is 5.66.